The molecule has 0 amide bonds. The summed E-state index contributed by atoms with van der Waals surface area (Å²) in [6.07, 6.45) is 11.9. The van der Waals surface area contributed by atoms with Gasteiger partial charge < -0.3 is 5.32 Å². The van der Waals surface area contributed by atoms with Crippen LogP contribution in [0.3, 0.4) is 0 Å². The quantitative estimate of drug-likeness (QED) is 0.573. The van der Waals surface area contributed by atoms with E-state index in [1.54, 1.807) is 0 Å². The van der Waals surface area contributed by atoms with Crippen LogP contribution < -0.4 is 5.32 Å². The van der Waals surface area contributed by atoms with Gasteiger partial charge >= 0.3 is 0 Å². The van der Waals surface area contributed by atoms with Crippen LogP contribution >= 0.6 is 0 Å². The van der Waals surface area contributed by atoms with Crippen LogP contribution in [0.25, 0.3) is 0 Å². The molecule has 2 atom stereocenters. The molecule has 0 aromatic carbocycles. The molecule has 1 fully saturated rings. The predicted molar refractivity (Wildman–Crippen MR) is 77.5 cm³/mol. The molecule has 2 unspecified atom stereocenters. The van der Waals surface area contributed by atoms with Crippen molar-refractivity contribution in [3.63, 3.8) is 0 Å². The Balaban J connectivity index is 2.27. The van der Waals surface area contributed by atoms with Gasteiger partial charge in [0.2, 0.25) is 0 Å². The Hall–Kier alpha value is -0.350. The minimum Gasteiger partial charge on any atom is -0.316 e. The number of hydrogen-bond acceptors (Lipinski definition) is 3. The molecule has 0 bridgehead atoms. The fraction of sp³-hybridized carbons (Fsp3) is 0.857. The van der Waals surface area contributed by atoms with Crippen LogP contribution in [0, 0.1) is 5.92 Å². The maximum absolute atomic E-state index is 11.5. The molecule has 1 saturated carbocycles. The molecule has 18 heavy (non-hydrogen) atoms. The second-order valence-corrected chi connectivity index (χ2v) is 7.67. The Bertz CT molecular complexity index is 349. The summed E-state index contributed by atoms with van der Waals surface area (Å²) in [6, 6.07) is 0. The second kappa shape index (κ2) is 7.95. The molecule has 0 aromatic heterocycles. The molecule has 0 aliphatic heterocycles. The van der Waals surface area contributed by atoms with Crippen molar-refractivity contribution in [1.29, 1.82) is 0 Å². The highest BCUT2D eigenvalue weighted by molar-refractivity contribution is 7.91. The van der Waals surface area contributed by atoms with Crippen LogP contribution in [0.5, 0.6) is 0 Å². The third kappa shape index (κ3) is 6.01. The summed E-state index contributed by atoms with van der Waals surface area (Å²) in [5.41, 5.74) is 0. The zero-order valence-corrected chi connectivity index (χ0v) is 12.5. The summed E-state index contributed by atoms with van der Waals surface area (Å²) in [5.74, 6) is 0.463. The van der Waals surface area contributed by atoms with Gasteiger partial charge in [0.25, 0.3) is 0 Å². The first-order chi connectivity index (χ1) is 8.54. The standard InChI is InChI=1S/C14H27NO2S/c1-3-10-15-11-5-4-7-13-8-6-9-14(12-13)18(2,16)17/h4,7,13-15H,3,5-6,8-12H2,1-2H3. The summed E-state index contributed by atoms with van der Waals surface area (Å²) in [4.78, 5) is 0. The van der Waals surface area contributed by atoms with Crippen molar-refractivity contribution in [1.82, 2.24) is 5.32 Å². The molecule has 0 heterocycles. The van der Waals surface area contributed by atoms with Crippen LogP contribution in [0.15, 0.2) is 12.2 Å². The number of nitrogens with one attached hydrogen (secondary N) is 1. The number of rotatable bonds is 7. The summed E-state index contributed by atoms with van der Waals surface area (Å²) >= 11 is 0. The molecule has 1 aliphatic carbocycles. The van der Waals surface area contributed by atoms with Gasteiger partial charge in [-0.3, -0.25) is 0 Å². The van der Waals surface area contributed by atoms with Crippen LogP contribution in [-0.2, 0) is 9.84 Å². The summed E-state index contributed by atoms with van der Waals surface area (Å²) in [5, 5.41) is 3.25. The molecular formula is C14H27NO2S. The molecule has 0 saturated heterocycles. The fourth-order valence-corrected chi connectivity index (χ4v) is 3.71. The smallest absolute Gasteiger partial charge is 0.150 e. The first-order valence-corrected chi connectivity index (χ1v) is 9.05. The highest BCUT2D eigenvalue weighted by Crippen LogP contribution is 2.29. The molecule has 1 aliphatic rings. The largest absolute Gasteiger partial charge is 0.316 e. The van der Waals surface area contributed by atoms with Crippen LogP contribution in [-0.4, -0.2) is 33.0 Å². The van der Waals surface area contributed by atoms with Crippen molar-refractivity contribution in [3.8, 4) is 0 Å². The van der Waals surface area contributed by atoms with E-state index in [4.69, 9.17) is 0 Å². The third-order valence-electron chi connectivity index (χ3n) is 3.59. The molecule has 106 valence electrons. The van der Waals surface area contributed by atoms with Crippen molar-refractivity contribution in [2.75, 3.05) is 19.3 Å². The Morgan fingerprint density at radius 2 is 2.06 bits per heavy atom. The highest BCUT2D eigenvalue weighted by Gasteiger charge is 2.27. The van der Waals surface area contributed by atoms with Gasteiger partial charge in [-0.05, 0) is 51.1 Å². The van der Waals surface area contributed by atoms with E-state index in [2.05, 4.69) is 24.4 Å². The fourth-order valence-electron chi connectivity index (χ4n) is 2.52. The van der Waals surface area contributed by atoms with E-state index in [1.165, 1.54) is 12.7 Å². The van der Waals surface area contributed by atoms with Crippen molar-refractivity contribution in [2.24, 2.45) is 5.92 Å². The van der Waals surface area contributed by atoms with Gasteiger partial charge in [0.15, 0.2) is 0 Å². The molecule has 3 nitrogen and oxygen atoms in total. The molecular weight excluding hydrogens is 246 g/mol. The maximum Gasteiger partial charge on any atom is 0.150 e. The van der Waals surface area contributed by atoms with Crippen LogP contribution in [0.2, 0.25) is 0 Å². The Morgan fingerprint density at radius 3 is 2.72 bits per heavy atom. The van der Waals surface area contributed by atoms with Crippen molar-refractivity contribution >= 4 is 9.84 Å². The van der Waals surface area contributed by atoms with E-state index in [9.17, 15) is 8.42 Å². The van der Waals surface area contributed by atoms with E-state index < -0.39 is 9.84 Å². The van der Waals surface area contributed by atoms with Crippen molar-refractivity contribution in [2.45, 2.75) is 50.7 Å². The number of allylic oxidation sites excluding steroid dienone is 1. The topological polar surface area (TPSA) is 46.2 Å². The molecule has 0 spiro atoms. The molecule has 1 rings (SSSR count). The average molecular weight is 273 g/mol. The lowest BCUT2D eigenvalue weighted by atomic mass is 9.88. The Morgan fingerprint density at radius 1 is 1.28 bits per heavy atom. The minimum absolute atomic E-state index is 0.112. The van der Waals surface area contributed by atoms with E-state index in [0.717, 1.165) is 45.2 Å². The molecule has 1 N–H and O–H groups in total. The normalized spacial score (nSPS) is 25.7. The lowest BCUT2D eigenvalue weighted by Gasteiger charge is -2.25. The molecule has 4 heteroatoms. The second-order valence-electron chi connectivity index (χ2n) is 5.35. The first kappa shape index (κ1) is 15.7. The zero-order valence-electron chi connectivity index (χ0n) is 11.7. The third-order valence-corrected chi connectivity index (χ3v) is 5.23. The van der Waals surface area contributed by atoms with Gasteiger partial charge in [0, 0.05) is 6.26 Å². The van der Waals surface area contributed by atoms with Gasteiger partial charge in [-0.2, -0.15) is 0 Å². The van der Waals surface area contributed by atoms with E-state index in [1.807, 2.05) is 0 Å². The Kier molecular flexibility index (Phi) is 6.94. The van der Waals surface area contributed by atoms with Gasteiger partial charge in [0.1, 0.15) is 9.84 Å². The highest BCUT2D eigenvalue weighted by atomic mass is 32.2. The lowest BCUT2D eigenvalue weighted by Crippen LogP contribution is -2.26. The van der Waals surface area contributed by atoms with Gasteiger partial charge in [-0.1, -0.05) is 25.5 Å². The average Bonchev–Trinajstić information content (AvgIpc) is 2.33. The monoisotopic (exact) mass is 273 g/mol. The lowest BCUT2D eigenvalue weighted by molar-refractivity contribution is 0.414. The molecule has 0 aromatic rings. The first-order valence-electron chi connectivity index (χ1n) is 7.10. The number of hydrogen-bond donors (Lipinski definition) is 1. The van der Waals surface area contributed by atoms with E-state index in [-0.39, 0.29) is 5.25 Å². The summed E-state index contributed by atoms with van der Waals surface area (Å²) < 4.78 is 23.1. The zero-order chi connectivity index (χ0) is 13.4. The predicted octanol–water partition coefficient (Wildman–Crippen LogP) is 2.54. The Labute approximate surface area is 112 Å². The SMILES string of the molecule is CCCNCCC=CC1CCCC(S(C)(=O)=O)C1. The van der Waals surface area contributed by atoms with Crippen LogP contribution in [0.1, 0.15) is 45.4 Å². The molecule has 0 radical (unpaired) electrons. The summed E-state index contributed by atoms with van der Waals surface area (Å²) in [7, 11) is -2.85. The van der Waals surface area contributed by atoms with Crippen molar-refractivity contribution in [3.05, 3.63) is 12.2 Å². The van der Waals surface area contributed by atoms with Crippen molar-refractivity contribution < 1.29 is 8.42 Å². The maximum atomic E-state index is 11.5. The van der Waals surface area contributed by atoms with Gasteiger partial charge in [-0.15, -0.1) is 0 Å². The van der Waals surface area contributed by atoms with E-state index in [0.29, 0.717) is 5.92 Å². The minimum atomic E-state index is -2.85. The summed E-state index contributed by atoms with van der Waals surface area (Å²) in [6.45, 7) is 4.26. The number of sulfone groups is 1. The van der Waals surface area contributed by atoms with Gasteiger partial charge in [0.05, 0.1) is 5.25 Å². The van der Waals surface area contributed by atoms with E-state index >= 15 is 0 Å². The van der Waals surface area contributed by atoms with Gasteiger partial charge in [-0.25, -0.2) is 8.42 Å². The van der Waals surface area contributed by atoms with Crippen LogP contribution in [0.4, 0.5) is 0 Å².